The summed E-state index contributed by atoms with van der Waals surface area (Å²) in [6, 6.07) is 10.1. The molecule has 1 aliphatic rings. The number of rotatable bonds is 6. The average molecular weight is 396 g/mol. The van der Waals surface area contributed by atoms with Crippen LogP contribution < -0.4 is 4.74 Å². The van der Waals surface area contributed by atoms with Crippen LogP contribution in [0.2, 0.25) is 5.02 Å². The van der Waals surface area contributed by atoms with E-state index in [-0.39, 0.29) is 30.8 Å². The van der Waals surface area contributed by atoms with Gasteiger partial charge >= 0.3 is 0 Å². The van der Waals surface area contributed by atoms with Crippen LogP contribution in [0.25, 0.3) is 0 Å². The lowest BCUT2D eigenvalue weighted by Gasteiger charge is -2.32. The Hall–Kier alpha value is -2.18. The standard InChI is InChI=1S/C20H20ClF2NO3/c21-15-3-6-17(7-4-15)27-13-20(25)24-9-1-2-18(11-24)26-12-14-10-16(22)5-8-19(14)23/h3-8,10,18H,1-2,9,11-13H2. The predicted octanol–water partition coefficient (Wildman–Crippen LogP) is 4.20. The van der Waals surface area contributed by atoms with Crippen molar-refractivity contribution in [1.82, 2.24) is 4.90 Å². The lowest BCUT2D eigenvalue weighted by molar-refractivity contribution is -0.137. The zero-order valence-electron chi connectivity index (χ0n) is 14.7. The van der Waals surface area contributed by atoms with Crippen molar-refractivity contribution in [1.29, 1.82) is 0 Å². The lowest BCUT2D eigenvalue weighted by Crippen LogP contribution is -2.45. The fourth-order valence-electron chi connectivity index (χ4n) is 2.93. The number of nitrogens with zero attached hydrogens (tertiary/aromatic N) is 1. The molecule has 0 bridgehead atoms. The highest BCUT2D eigenvalue weighted by Gasteiger charge is 2.24. The molecule has 0 radical (unpaired) electrons. The van der Waals surface area contributed by atoms with Gasteiger partial charge in [-0.1, -0.05) is 11.6 Å². The minimum atomic E-state index is -0.505. The smallest absolute Gasteiger partial charge is 0.260 e. The van der Waals surface area contributed by atoms with E-state index in [1.807, 2.05) is 0 Å². The van der Waals surface area contributed by atoms with Gasteiger partial charge in [0.1, 0.15) is 17.4 Å². The predicted molar refractivity (Wildman–Crippen MR) is 97.7 cm³/mol. The first-order valence-corrected chi connectivity index (χ1v) is 9.11. The molecule has 27 heavy (non-hydrogen) atoms. The maximum Gasteiger partial charge on any atom is 0.260 e. The van der Waals surface area contributed by atoms with Crippen LogP contribution in [0.15, 0.2) is 42.5 Å². The van der Waals surface area contributed by atoms with Crippen LogP contribution in [0.4, 0.5) is 8.78 Å². The van der Waals surface area contributed by atoms with Gasteiger partial charge in [0.05, 0.1) is 12.7 Å². The zero-order valence-corrected chi connectivity index (χ0v) is 15.4. The first-order valence-electron chi connectivity index (χ1n) is 8.73. The van der Waals surface area contributed by atoms with Crippen LogP contribution >= 0.6 is 11.6 Å². The van der Waals surface area contributed by atoms with Crippen LogP contribution in [-0.4, -0.2) is 36.6 Å². The fraction of sp³-hybridized carbons (Fsp3) is 0.350. The SMILES string of the molecule is O=C(COc1ccc(Cl)cc1)N1CCCC(OCc2cc(F)ccc2F)C1. The van der Waals surface area contributed by atoms with Gasteiger partial charge in [0.15, 0.2) is 6.61 Å². The van der Waals surface area contributed by atoms with Crippen molar-refractivity contribution in [3.05, 3.63) is 64.7 Å². The number of ether oxygens (including phenoxy) is 2. The van der Waals surface area contributed by atoms with E-state index in [1.165, 1.54) is 0 Å². The molecule has 2 aromatic carbocycles. The van der Waals surface area contributed by atoms with Gasteiger partial charge in [0.2, 0.25) is 0 Å². The molecule has 1 heterocycles. The second-order valence-electron chi connectivity index (χ2n) is 6.39. The molecule has 7 heteroatoms. The number of carbonyl (C=O) groups is 1. The van der Waals surface area contributed by atoms with Gasteiger partial charge in [-0.3, -0.25) is 4.79 Å². The average Bonchev–Trinajstić information content (AvgIpc) is 2.68. The number of piperidine rings is 1. The lowest BCUT2D eigenvalue weighted by atomic mass is 10.1. The number of carbonyl (C=O) groups excluding carboxylic acids is 1. The number of halogens is 3. The monoisotopic (exact) mass is 395 g/mol. The van der Waals surface area contributed by atoms with Crippen LogP contribution in [-0.2, 0) is 16.1 Å². The molecular formula is C20H20ClF2NO3. The molecule has 4 nitrogen and oxygen atoms in total. The maximum absolute atomic E-state index is 13.7. The number of likely N-dealkylation sites (tertiary alicyclic amines) is 1. The Morgan fingerprint density at radius 1 is 1.19 bits per heavy atom. The molecule has 1 atom stereocenters. The highest BCUT2D eigenvalue weighted by atomic mass is 35.5. The van der Waals surface area contributed by atoms with Gasteiger partial charge in [-0.05, 0) is 55.3 Å². The molecule has 1 saturated heterocycles. The van der Waals surface area contributed by atoms with Crippen molar-refractivity contribution in [2.45, 2.75) is 25.6 Å². The van der Waals surface area contributed by atoms with Crippen molar-refractivity contribution in [3.63, 3.8) is 0 Å². The second-order valence-corrected chi connectivity index (χ2v) is 6.83. The van der Waals surface area contributed by atoms with Crippen LogP contribution in [0.1, 0.15) is 18.4 Å². The fourth-order valence-corrected chi connectivity index (χ4v) is 3.06. The minimum Gasteiger partial charge on any atom is -0.484 e. The normalized spacial score (nSPS) is 17.0. The molecule has 1 fully saturated rings. The molecule has 3 rings (SSSR count). The Kier molecular flexibility index (Phi) is 6.63. The van der Waals surface area contributed by atoms with E-state index in [9.17, 15) is 13.6 Å². The third-order valence-electron chi connectivity index (χ3n) is 4.39. The van der Waals surface area contributed by atoms with Gasteiger partial charge in [-0.2, -0.15) is 0 Å². The second kappa shape index (κ2) is 9.15. The molecule has 0 saturated carbocycles. The minimum absolute atomic E-state index is 0.0302. The maximum atomic E-state index is 13.7. The van der Waals surface area contributed by atoms with E-state index in [2.05, 4.69) is 0 Å². The van der Waals surface area contributed by atoms with E-state index in [1.54, 1.807) is 29.2 Å². The van der Waals surface area contributed by atoms with Gasteiger partial charge in [-0.25, -0.2) is 8.78 Å². The number of hydrogen-bond donors (Lipinski definition) is 0. The summed E-state index contributed by atoms with van der Waals surface area (Å²) in [5, 5.41) is 0.597. The van der Waals surface area contributed by atoms with E-state index in [4.69, 9.17) is 21.1 Å². The molecule has 1 amide bonds. The Bertz CT molecular complexity index is 785. The first-order chi connectivity index (χ1) is 13.0. The summed E-state index contributed by atoms with van der Waals surface area (Å²) in [7, 11) is 0. The van der Waals surface area contributed by atoms with E-state index >= 15 is 0 Å². The third kappa shape index (κ3) is 5.65. The summed E-state index contributed by atoms with van der Waals surface area (Å²) >= 11 is 5.82. The summed E-state index contributed by atoms with van der Waals surface area (Å²) in [5.74, 6) is -0.583. The topological polar surface area (TPSA) is 38.8 Å². The summed E-state index contributed by atoms with van der Waals surface area (Å²) in [6.07, 6.45) is 1.32. The van der Waals surface area contributed by atoms with E-state index in [0.29, 0.717) is 23.9 Å². The quantitative estimate of drug-likeness (QED) is 0.735. The molecule has 1 unspecified atom stereocenters. The highest BCUT2D eigenvalue weighted by molar-refractivity contribution is 6.30. The van der Waals surface area contributed by atoms with Crippen LogP contribution in [0.3, 0.4) is 0 Å². The first kappa shape index (κ1) is 19.6. The van der Waals surface area contributed by atoms with E-state index in [0.717, 1.165) is 31.0 Å². The number of amides is 1. The van der Waals surface area contributed by atoms with Gasteiger partial charge < -0.3 is 14.4 Å². The largest absolute Gasteiger partial charge is 0.484 e. The highest BCUT2D eigenvalue weighted by Crippen LogP contribution is 2.19. The van der Waals surface area contributed by atoms with Crippen molar-refractivity contribution >= 4 is 17.5 Å². The van der Waals surface area contributed by atoms with Gasteiger partial charge in [0.25, 0.3) is 5.91 Å². The molecule has 2 aromatic rings. The summed E-state index contributed by atoms with van der Waals surface area (Å²) in [5.41, 5.74) is 0.171. The molecule has 0 aliphatic carbocycles. The summed E-state index contributed by atoms with van der Waals surface area (Å²) in [6.45, 7) is 0.918. The van der Waals surface area contributed by atoms with Crippen molar-refractivity contribution in [2.75, 3.05) is 19.7 Å². The number of hydrogen-bond acceptors (Lipinski definition) is 3. The summed E-state index contributed by atoms with van der Waals surface area (Å²) in [4.78, 5) is 14.0. The molecule has 1 aliphatic heterocycles. The molecule has 0 spiro atoms. The van der Waals surface area contributed by atoms with Crippen molar-refractivity contribution in [3.8, 4) is 5.75 Å². The molecule has 0 N–H and O–H groups in total. The van der Waals surface area contributed by atoms with E-state index < -0.39 is 11.6 Å². The zero-order chi connectivity index (χ0) is 19.2. The van der Waals surface area contributed by atoms with Gasteiger partial charge in [-0.15, -0.1) is 0 Å². The Morgan fingerprint density at radius 3 is 2.74 bits per heavy atom. The Labute approximate surface area is 161 Å². The Balaban J connectivity index is 1.48. The number of benzene rings is 2. The van der Waals surface area contributed by atoms with Gasteiger partial charge in [0, 0.05) is 23.7 Å². The van der Waals surface area contributed by atoms with Crippen LogP contribution in [0, 0.1) is 11.6 Å². The summed E-state index contributed by atoms with van der Waals surface area (Å²) < 4.78 is 38.1. The van der Waals surface area contributed by atoms with Crippen molar-refractivity contribution in [2.24, 2.45) is 0 Å². The molecule has 144 valence electrons. The molecular weight excluding hydrogens is 376 g/mol. The third-order valence-corrected chi connectivity index (χ3v) is 4.64. The molecule has 0 aromatic heterocycles. The van der Waals surface area contributed by atoms with Crippen molar-refractivity contribution < 1.29 is 23.0 Å². The van der Waals surface area contributed by atoms with Crippen LogP contribution in [0.5, 0.6) is 5.75 Å². The Morgan fingerprint density at radius 2 is 1.96 bits per heavy atom.